The van der Waals surface area contributed by atoms with Gasteiger partial charge in [-0.3, -0.25) is 9.59 Å². The van der Waals surface area contributed by atoms with Crippen molar-refractivity contribution in [2.75, 3.05) is 46.9 Å². The quantitative estimate of drug-likeness (QED) is 0.211. The zero-order valence-electron chi connectivity index (χ0n) is 40.9. The molecule has 4 aliphatic heterocycles. The van der Waals surface area contributed by atoms with Crippen LogP contribution >= 0.6 is 0 Å². The molecule has 2 aromatic rings. The number of nitrogens with zero attached hydrogens (tertiary/aromatic N) is 4. The number of aliphatic hydroxyl groups excluding tert-OH is 1. The number of amides is 3. The Balaban J connectivity index is 1.39. The third-order valence-electron chi connectivity index (χ3n) is 13.9. The average molecular weight is 951 g/mol. The maximum Gasteiger partial charge on any atom is 0.410 e. The van der Waals surface area contributed by atoms with E-state index in [-0.39, 0.29) is 57.6 Å². The predicted molar refractivity (Wildman–Crippen MR) is 248 cm³/mol. The van der Waals surface area contributed by atoms with Crippen molar-refractivity contribution in [1.82, 2.24) is 30.4 Å². The van der Waals surface area contributed by atoms with Crippen LogP contribution < -0.4 is 10.6 Å². The first kappa shape index (κ1) is 52.2. The van der Waals surface area contributed by atoms with Gasteiger partial charge in [0.25, 0.3) is 0 Å². The number of nitrogens with one attached hydrogen (secondary N) is 2. The van der Waals surface area contributed by atoms with Crippen LogP contribution in [0, 0.1) is 23.7 Å². The topological polar surface area (TPSA) is 227 Å². The zero-order valence-corrected chi connectivity index (χ0v) is 40.9. The van der Waals surface area contributed by atoms with Gasteiger partial charge >= 0.3 is 24.2 Å². The van der Waals surface area contributed by atoms with Crippen molar-refractivity contribution in [3.8, 4) is 11.4 Å². The van der Waals surface area contributed by atoms with Crippen molar-refractivity contribution >= 4 is 36.1 Å². The highest BCUT2D eigenvalue weighted by Gasteiger charge is 2.58. The number of cyclic esters (lactones) is 1. The molecule has 19 heteroatoms. The Hall–Kier alpha value is -5.21. The third kappa shape index (κ3) is 12.0. The van der Waals surface area contributed by atoms with Crippen molar-refractivity contribution in [2.45, 2.75) is 135 Å². The van der Waals surface area contributed by atoms with Gasteiger partial charge in [-0.05, 0) is 72.7 Å². The molecule has 1 aromatic carbocycles. The molecule has 6 rings (SSSR count). The number of ether oxygens (including phenoxy) is 7. The molecule has 0 unspecified atom stereocenters. The molecule has 14 atom stereocenters. The number of esters is 1. The number of alkyl carbamates (subject to hydrolysis) is 2. The predicted octanol–water partition coefficient (Wildman–Crippen LogP) is 5.00. The lowest BCUT2D eigenvalue weighted by Gasteiger charge is -2.48. The molecule has 68 heavy (non-hydrogen) atoms. The first-order valence-corrected chi connectivity index (χ1v) is 23.7. The molecule has 0 spiro atoms. The zero-order chi connectivity index (χ0) is 49.5. The fraction of sp³-hybridized carbons (Fsp3) is 0.653. The number of hydrogen-bond donors (Lipinski definition) is 3. The van der Waals surface area contributed by atoms with Crippen LogP contribution in [0.15, 0.2) is 48.8 Å². The second-order valence-corrected chi connectivity index (χ2v) is 19.2. The molecule has 0 bridgehead atoms. The van der Waals surface area contributed by atoms with Gasteiger partial charge in [0.05, 0.1) is 31.3 Å². The van der Waals surface area contributed by atoms with E-state index < -0.39 is 102 Å². The summed E-state index contributed by atoms with van der Waals surface area (Å²) >= 11 is 0. The lowest BCUT2D eigenvalue weighted by Crippen LogP contribution is -2.61. The van der Waals surface area contributed by atoms with Gasteiger partial charge in [0, 0.05) is 61.4 Å². The first-order valence-electron chi connectivity index (χ1n) is 23.7. The number of fused-ring (bicyclic) bond motifs is 1. The van der Waals surface area contributed by atoms with Crippen molar-refractivity contribution < 1.29 is 62.2 Å². The molecule has 3 N–H and O–H groups in total. The van der Waals surface area contributed by atoms with Gasteiger partial charge in [0.2, 0.25) is 0 Å². The van der Waals surface area contributed by atoms with E-state index in [4.69, 9.17) is 33.2 Å². The third-order valence-corrected chi connectivity index (χ3v) is 13.9. The smallest absolute Gasteiger partial charge is 0.410 e. The van der Waals surface area contributed by atoms with E-state index in [2.05, 4.69) is 20.6 Å². The Bertz CT molecular complexity index is 2090. The fourth-order valence-electron chi connectivity index (χ4n) is 10.1. The number of aliphatic hydroxyl groups is 1. The van der Waals surface area contributed by atoms with Gasteiger partial charge in [-0.15, -0.1) is 0 Å². The van der Waals surface area contributed by atoms with E-state index in [1.165, 1.54) is 4.90 Å². The number of aromatic nitrogens is 2. The van der Waals surface area contributed by atoms with E-state index in [1.807, 2.05) is 56.3 Å². The molecule has 4 saturated heterocycles. The second-order valence-electron chi connectivity index (χ2n) is 19.2. The minimum Gasteiger partial charge on any atom is -0.458 e. The molecule has 4 aliphatic rings. The van der Waals surface area contributed by atoms with Gasteiger partial charge in [0.1, 0.15) is 35.8 Å². The maximum absolute atomic E-state index is 14.7. The van der Waals surface area contributed by atoms with Crippen LogP contribution in [0.25, 0.3) is 17.5 Å². The summed E-state index contributed by atoms with van der Waals surface area (Å²) in [5.41, 5.74) is -1.54. The number of carbonyl (C=O) groups excluding carboxylic acids is 5. The lowest BCUT2D eigenvalue weighted by atomic mass is 9.73. The Morgan fingerprint density at radius 3 is 2.34 bits per heavy atom. The number of rotatable bonds is 10. The Kier molecular flexibility index (Phi) is 17.2. The molecular weight excluding hydrogens is 881 g/mol. The Labute approximate surface area is 398 Å². The number of Topliss-reactive ketones (excluding diaryl/α,β-unsaturated/α-hetero) is 1. The summed E-state index contributed by atoms with van der Waals surface area (Å²) in [6.45, 7) is 14.6. The van der Waals surface area contributed by atoms with Crippen LogP contribution in [-0.4, -0.2) is 162 Å². The largest absolute Gasteiger partial charge is 0.458 e. The van der Waals surface area contributed by atoms with E-state index in [9.17, 15) is 29.1 Å². The molecule has 1 aromatic heterocycles. The molecule has 4 fully saturated rings. The highest BCUT2D eigenvalue weighted by molar-refractivity contribution is 5.85. The van der Waals surface area contributed by atoms with E-state index in [1.54, 1.807) is 73.0 Å². The van der Waals surface area contributed by atoms with Gasteiger partial charge in [-0.1, -0.05) is 64.1 Å². The minimum atomic E-state index is -1.77. The van der Waals surface area contributed by atoms with Crippen molar-refractivity contribution in [2.24, 2.45) is 23.7 Å². The summed E-state index contributed by atoms with van der Waals surface area (Å²) < 4.78 is 43.6. The van der Waals surface area contributed by atoms with Gasteiger partial charge in [0.15, 0.2) is 17.7 Å². The highest BCUT2D eigenvalue weighted by atomic mass is 16.7. The molecular formula is C49H70N6O13. The van der Waals surface area contributed by atoms with Gasteiger partial charge in [-0.25, -0.2) is 24.4 Å². The van der Waals surface area contributed by atoms with Crippen LogP contribution in [0.5, 0.6) is 0 Å². The number of ketones is 1. The minimum absolute atomic E-state index is 0.0404. The maximum atomic E-state index is 14.7. The molecule has 3 amide bonds. The summed E-state index contributed by atoms with van der Waals surface area (Å²) in [5, 5.41) is 17.5. The normalized spacial score (nSPS) is 35.1. The van der Waals surface area contributed by atoms with E-state index >= 15 is 0 Å². The van der Waals surface area contributed by atoms with E-state index in [0.717, 1.165) is 11.1 Å². The average Bonchev–Trinajstić information content (AvgIpc) is 3.64. The molecule has 0 radical (unpaired) electrons. The summed E-state index contributed by atoms with van der Waals surface area (Å²) in [6.07, 6.45) is -1.45. The summed E-state index contributed by atoms with van der Waals surface area (Å²) in [5.74, 6) is -4.45. The van der Waals surface area contributed by atoms with Crippen LogP contribution in [0.3, 0.4) is 0 Å². The number of hydrogen-bond acceptors (Lipinski definition) is 16. The monoisotopic (exact) mass is 951 g/mol. The van der Waals surface area contributed by atoms with Crippen molar-refractivity contribution in [3.05, 3.63) is 54.4 Å². The first-order chi connectivity index (χ1) is 32.3. The highest BCUT2D eigenvalue weighted by Crippen LogP contribution is 2.42. The lowest BCUT2D eigenvalue weighted by molar-refractivity contribution is -0.298. The Morgan fingerprint density at radius 1 is 1.01 bits per heavy atom. The standard InChI is InChI=1S/C49H70N6O13/c1-11-36-49(8)40(53-46(60)68-49)30(4)37(56)28(2)27-48(7,67-45(59)52-19-12-14-33-15-17-34(18-16-33)42-50-20-13-21-51-42)41(66-44-38(57)35(54(9)10)26-29(3)63-44)31(5)39(32(6)43(58)64-36)65-47(61)55-22-24-62-25-23-55/h12-18,20-21,28-32,35-36,38-41,44,57H,11,19,22-27H2,1-10H3,(H,52,59)(H,53,60)/t28-,29-,30+,31+,32-,35+,36-,38-,39+,40-,41-,44+,48-,49-/m1/s1. The second kappa shape index (κ2) is 22.5. The van der Waals surface area contributed by atoms with Crippen LogP contribution in [0.4, 0.5) is 14.4 Å². The Morgan fingerprint density at radius 2 is 1.69 bits per heavy atom. The van der Waals surface area contributed by atoms with Crippen LogP contribution in [0.2, 0.25) is 0 Å². The molecule has 5 heterocycles. The fourth-order valence-corrected chi connectivity index (χ4v) is 10.1. The van der Waals surface area contributed by atoms with E-state index in [0.29, 0.717) is 12.2 Å². The summed E-state index contributed by atoms with van der Waals surface area (Å²) in [7, 11) is 3.67. The number of morpholine rings is 1. The van der Waals surface area contributed by atoms with Crippen LogP contribution in [0.1, 0.15) is 80.2 Å². The number of carbonyl (C=O) groups is 5. The summed E-state index contributed by atoms with van der Waals surface area (Å²) in [4.78, 5) is 82.5. The van der Waals surface area contributed by atoms with Crippen molar-refractivity contribution in [3.63, 3.8) is 0 Å². The molecule has 0 saturated carbocycles. The molecule has 374 valence electrons. The summed E-state index contributed by atoms with van der Waals surface area (Å²) in [6, 6.07) is 8.00. The van der Waals surface area contributed by atoms with Crippen LogP contribution in [-0.2, 0) is 42.7 Å². The van der Waals surface area contributed by atoms with Crippen molar-refractivity contribution in [1.29, 1.82) is 0 Å². The van der Waals surface area contributed by atoms with Gasteiger partial charge < -0.3 is 58.7 Å². The molecule has 19 nitrogen and oxygen atoms in total. The molecule has 0 aliphatic carbocycles. The number of likely N-dealkylation sites (N-methyl/N-ethyl adjacent to an activating group) is 1. The SMILES string of the molecule is CC[C@H]1OC(=O)[C@H](C)[C@@H](OC(=O)N2CCOCC2)[C@H](C)[C@@H](O[C@@H]2O[C@H](C)C[C@H](N(C)C)[C@H]2O)[C@](C)(OC(=O)NCC=Cc2ccc(-c3ncccn3)cc2)C[C@@H](C)C(=O)[C@H](C)[C@H]2NC(=O)O[C@@]21C. The van der Waals surface area contributed by atoms with Gasteiger partial charge in [-0.2, -0.15) is 0 Å². The number of benzene rings is 1.